The molecule has 1 amide bonds. The molecule has 0 saturated carbocycles. The molecule has 5 rings (SSSR count). The van der Waals surface area contributed by atoms with Crippen LogP contribution in [0.15, 0.2) is 91.0 Å². The second-order valence-electron chi connectivity index (χ2n) is 8.54. The summed E-state index contributed by atoms with van der Waals surface area (Å²) in [5, 5.41) is 7.83. The Morgan fingerprint density at radius 2 is 1.57 bits per heavy atom. The molecule has 35 heavy (non-hydrogen) atoms. The topological polar surface area (TPSA) is 64.7 Å². The molecule has 1 N–H and O–H groups in total. The van der Waals surface area contributed by atoms with Crippen LogP contribution in [0.5, 0.6) is 0 Å². The van der Waals surface area contributed by atoms with Crippen molar-refractivity contribution in [1.82, 2.24) is 24.6 Å². The number of para-hydroxylation sites is 3. The molecule has 6 heteroatoms. The molecule has 2 heterocycles. The van der Waals surface area contributed by atoms with Gasteiger partial charge in [-0.15, -0.1) is 0 Å². The molecule has 2 aromatic heterocycles. The van der Waals surface area contributed by atoms with Crippen molar-refractivity contribution < 1.29 is 4.79 Å². The third-order valence-corrected chi connectivity index (χ3v) is 6.25. The van der Waals surface area contributed by atoms with Gasteiger partial charge in [-0.3, -0.25) is 4.79 Å². The minimum Gasteiger partial charge on any atom is -0.339 e. The Kier molecular flexibility index (Phi) is 6.02. The maximum Gasteiger partial charge on any atom is 0.244 e. The molecule has 1 unspecified atom stereocenters. The van der Waals surface area contributed by atoms with E-state index in [0.29, 0.717) is 0 Å². The van der Waals surface area contributed by atoms with Crippen molar-refractivity contribution in [1.29, 1.82) is 0 Å². The van der Waals surface area contributed by atoms with Crippen LogP contribution in [0.2, 0.25) is 0 Å². The fraction of sp³-hybridized carbons (Fsp3) is 0.138. The predicted molar refractivity (Wildman–Crippen MR) is 139 cm³/mol. The van der Waals surface area contributed by atoms with Crippen LogP contribution < -0.4 is 5.32 Å². The van der Waals surface area contributed by atoms with Crippen LogP contribution in [0.4, 0.5) is 0 Å². The van der Waals surface area contributed by atoms with Crippen molar-refractivity contribution in [3.05, 3.63) is 119 Å². The highest BCUT2D eigenvalue weighted by molar-refractivity contribution is 5.92. The highest BCUT2D eigenvalue weighted by Gasteiger charge is 2.22. The minimum absolute atomic E-state index is 0.197. The molecule has 0 saturated heterocycles. The molecule has 0 fully saturated rings. The van der Waals surface area contributed by atoms with Crippen LogP contribution in [0.3, 0.4) is 0 Å². The zero-order valence-corrected chi connectivity index (χ0v) is 20.0. The highest BCUT2D eigenvalue weighted by Crippen LogP contribution is 2.25. The highest BCUT2D eigenvalue weighted by atomic mass is 16.1. The minimum atomic E-state index is -0.389. The summed E-state index contributed by atoms with van der Waals surface area (Å²) in [5.41, 5.74) is 6.66. The number of carbonyl (C=O) groups is 1. The summed E-state index contributed by atoms with van der Waals surface area (Å²) in [7, 11) is 1.98. The first-order valence-corrected chi connectivity index (χ1v) is 11.6. The van der Waals surface area contributed by atoms with Gasteiger partial charge in [-0.1, -0.05) is 60.7 Å². The average Bonchev–Trinajstić information content (AvgIpc) is 3.37. The molecule has 3 aromatic carbocycles. The Hall–Kier alpha value is -4.45. The number of nitrogens with zero attached hydrogens (tertiary/aromatic N) is 4. The fourth-order valence-electron chi connectivity index (χ4n) is 4.43. The molecule has 0 bridgehead atoms. The molecule has 5 aromatic rings. The van der Waals surface area contributed by atoms with E-state index >= 15 is 0 Å². The van der Waals surface area contributed by atoms with E-state index in [2.05, 4.69) is 10.4 Å². The molecular weight excluding hydrogens is 434 g/mol. The summed E-state index contributed by atoms with van der Waals surface area (Å²) in [6.07, 6.45) is 3.41. The summed E-state index contributed by atoms with van der Waals surface area (Å²) in [5.74, 6) is 0.584. The van der Waals surface area contributed by atoms with Crippen LogP contribution in [0, 0.1) is 13.8 Å². The van der Waals surface area contributed by atoms with E-state index in [9.17, 15) is 4.79 Å². The standard InChI is InChI=1S/C29H27N5O/c1-20-24(21(2)34(32-20)23-14-8-5-9-15-23)18-19-27(35)31-28(22-12-6-4-7-13-22)29-30-25-16-10-11-17-26(25)33(29)3/h4-19,28H,1-3H3,(H,31,35)/b19-18+. The van der Waals surface area contributed by atoms with Gasteiger partial charge < -0.3 is 9.88 Å². The number of nitrogens with one attached hydrogen (secondary N) is 1. The maximum absolute atomic E-state index is 13.1. The van der Waals surface area contributed by atoms with Crippen LogP contribution in [0.1, 0.15) is 34.4 Å². The van der Waals surface area contributed by atoms with Gasteiger partial charge in [0.2, 0.25) is 5.91 Å². The average molecular weight is 462 g/mol. The molecule has 6 nitrogen and oxygen atoms in total. The first-order chi connectivity index (χ1) is 17.0. The summed E-state index contributed by atoms with van der Waals surface area (Å²) < 4.78 is 3.94. The van der Waals surface area contributed by atoms with E-state index in [-0.39, 0.29) is 11.9 Å². The summed E-state index contributed by atoms with van der Waals surface area (Å²) in [6.45, 7) is 3.97. The van der Waals surface area contributed by atoms with Crippen molar-refractivity contribution in [3.63, 3.8) is 0 Å². The van der Waals surface area contributed by atoms with E-state index in [1.165, 1.54) is 0 Å². The number of hydrogen-bond donors (Lipinski definition) is 1. The Bertz CT molecular complexity index is 1510. The van der Waals surface area contributed by atoms with Gasteiger partial charge in [0.05, 0.1) is 22.4 Å². The van der Waals surface area contributed by atoms with Crippen LogP contribution >= 0.6 is 0 Å². The number of fused-ring (bicyclic) bond motifs is 1. The van der Waals surface area contributed by atoms with E-state index in [4.69, 9.17) is 4.98 Å². The third-order valence-electron chi connectivity index (χ3n) is 6.25. The molecule has 1 atom stereocenters. The molecule has 0 aliphatic rings. The Morgan fingerprint density at radius 3 is 2.29 bits per heavy atom. The van der Waals surface area contributed by atoms with Gasteiger partial charge in [0.25, 0.3) is 0 Å². The van der Waals surface area contributed by atoms with Crippen molar-refractivity contribution in [3.8, 4) is 5.69 Å². The van der Waals surface area contributed by atoms with E-state index in [1.807, 2.05) is 121 Å². The second-order valence-corrected chi connectivity index (χ2v) is 8.54. The number of rotatable bonds is 6. The predicted octanol–water partition coefficient (Wildman–Crippen LogP) is 5.29. The van der Waals surface area contributed by atoms with Crippen LogP contribution in [-0.2, 0) is 11.8 Å². The number of hydrogen-bond acceptors (Lipinski definition) is 3. The normalized spacial score (nSPS) is 12.3. The van der Waals surface area contributed by atoms with Gasteiger partial charge in [0, 0.05) is 24.4 Å². The Morgan fingerprint density at radius 1 is 0.914 bits per heavy atom. The van der Waals surface area contributed by atoms with E-state index in [1.54, 1.807) is 6.08 Å². The van der Waals surface area contributed by atoms with Gasteiger partial charge in [-0.25, -0.2) is 9.67 Å². The third kappa shape index (κ3) is 4.38. The zero-order chi connectivity index (χ0) is 24.4. The number of aromatic nitrogens is 4. The van der Waals surface area contributed by atoms with Gasteiger partial charge in [0.1, 0.15) is 11.9 Å². The number of aryl methyl sites for hydroxylation is 2. The molecular formula is C29H27N5O. The number of imidazole rings is 1. The quantitative estimate of drug-likeness (QED) is 0.349. The van der Waals surface area contributed by atoms with Crippen molar-refractivity contribution in [2.75, 3.05) is 0 Å². The number of carbonyl (C=O) groups excluding carboxylic acids is 1. The largest absolute Gasteiger partial charge is 0.339 e. The van der Waals surface area contributed by atoms with Crippen molar-refractivity contribution in [2.24, 2.45) is 7.05 Å². The lowest BCUT2D eigenvalue weighted by Gasteiger charge is -2.18. The lowest BCUT2D eigenvalue weighted by molar-refractivity contribution is -0.117. The fourth-order valence-corrected chi connectivity index (χ4v) is 4.43. The first-order valence-electron chi connectivity index (χ1n) is 11.6. The van der Waals surface area contributed by atoms with Gasteiger partial charge in [-0.05, 0) is 49.8 Å². The lowest BCUT2D eigenvalue weighted by Crippen LogP contribution is -2.29. The molecule has 0 aliphatic carbocycles. The SMILES string of the molecule is Cc1nn(-c2ccccc2)c(C)c1/C=C/C(=O)NC(c1ccccc1)c1nc2ccccc2n1C. The van der Waals surface area contributed by atoms with Crippen LogP contribution in [0.25, 0.3) is 22.8 Å². The van der Waals surface area contributed by atoms with Crippen molar-refractivity contribution in [2.45, 2.75) is 19.9 Å². The molecule has 174 valence electrons. The van der Waals surface area contributed by atoms with E-state index < -0.39 is 0 Å². The molecule has 0 aliphatic heterocycles. The summed E-state index contributed by atoms with van der Waals surface area (Å²) in [6, 6.07) is 27.5. The summed E-state index contributed by atoms with van der Waals surface area (Å²) in [4.78, 5) is 18.0. The van der Waals surface area contributed by atoms with Crippen LogP contribution in [-0.4, -0.2) is 25.2 Å². The monoisotopic (exact) mass is 461 g/mol. The molecule has 0 radical (unpaired) electrons. The molecule has 0 spiro atoms. The maximum atomic E-state index is 13.1. The Labute approximate surface area is 204 Å². The lowest BCUT2D eigenvalue weighted by atomic mass is 10.1. The first kappa shape index (κ1) is 22.3. The van der Waals surface area contributed by atoms with Gasteiger partial charge in [-0.2, -0.15) is 5.10 Å². The number of amides is 1. The Balaban J connectivity index is 1.45. The summed E-state index contributed by atoms with van der Waals surface area (Å²) >= 11 is 0. The second kappa shape index (κ2) is 9.43. The van der Waals surface area contributed by atoms with Gasteiger partial charge >= 0.3 is 0 Å². The van der Waals surface area contributed by atoms with E-state index in [0.717, 1.165) is 45.1 Å². The smallest absolute Gasteiger partial charge is 0.244 e. The number of benzene rings is 3. The van der Waals surface area contributed by atoms with Gasteiger partial charge in [0.15, 0.2) is 0 Å². The van der Waals surface area contributed by atoms with Crippen molar-refractivity contribution >= 4 is 23.0 Å². The zero-order valence-electron chi connectivity index (χ0n) is 20.0.